The Morgan fingerprint density at radius 2 is 1.94 bits per heavy atom. The lowest BCUT2D eigenvalue weighted by atomic mass is 10.1. The summed E-state index contributed by atoms with van der Waals surface area (Å²) in [5.74, 6) is 0.471. The summed E-state index contributed by atoms with van der Waals surface area (Å²) < 4.78 is 0. The largest absolute Gasteiger partial charge is 0.327 e. The molecule has 0 aliphatic carbocycles. The lowest BCUT2D eigenvalue weighted by Crippen LogP contribution is -2.53. The maximum Gasteiger partial charge on any atom is 0.324 e. The van der Waals surface area contributed by atoms with E-state index in [2.05, 4.69) is 12.2 Å². The zero-order valence-electron chi connectivity index (χ0n) is 11.3. The van der Waals surface area contributed by atoms with Crippen LogP contribution in [0.4, 0.5) is 10.5 Å². The van der Waals surface area contributed by atoms with E-state index in [1.807, 2.05) is 43.3 Å². The van der Waals surface area contributed by atoms with Crippen molar-refractivity contribution in [1.82, 2.24) is 10.2 Å². The fourth-order valence-corrected chi connectivity index (χ4v) is 2.42. The molecule has 1 atom stereocenters. The van der Waals surface area contributed by atoms with Gasteiger partial charge in [-0.1, -0.05) is 17.7 Å². The number of rotatable bonds is 3. The number of hydrogen-bond acceptors (Lipinski definition) is 2. The molecular weight excluding hydrogens is 226 g/mol. The molecule has 0 bridgehead atoms. The van der Waals surface area contributed by atoms with Crippen LogP contribution in [-0.4, -0.2) is 44.7 Å². The summed E-state index contributed by atoms with van der Waals surface area (Å²) in [5.41, 5.74) is 2.20. The second kappa shape index (κ2) is 5.40. The van der Waals surface area contributed by atoms with Gasteiger partial charge >= 0.3 is 6.03 Å². The van der Waals surface area contributed by atoms with Crippen LogP contribution in [0.5, 0.6) is 0 Å². The summed E-state index contributed by atoms with van der Waals surface area (Å²) in [7, 11) is 3.82. The Morgan fingerprint density at radius 3 is 2.56 bits per heavy atom. The molecule has 0 spiro atoms. The molecule has 1 aliphatic heterocycles. The summed E-state index contributed by atoms with van der Waals surface area (Å²) in [6, 6.07) is 8.21. The molecule has 18 heavy (non-hydrogen) atoms. The smallest absolute Gasteiger partial charge is 0.324 e. The average Bonchev–Trinajstić information content (AvgIpc) is 2.35. The van der Waals surface area contributed by atoms with Crippen LogP contribution in [0.15, 0.2) is 24.3 Å². The van der Waals surface area contributed by atoms with Gasteiger partial charge < -0.3 is 10.2 Å². The molecule has 1 saturated heterocycles. The van der Waals surface area contributed by atoms with E-state index in [-0.39, 0.29) is 6.03 Å². The van der Waals surface area contributed by atoms with E-state index in [0.717, 1.165) is 25.3 Å². The number of carbonyl (C=O) groups excluding carboxylic acids is 1. The molecule has 1 fully saturated rings. The second-order valence-electron chi connectivity index (χ2n) is 5.03. The molecule has 4 nitrogen and oxygen atoms in total. The number of anilines is 1. The summed E-state index contributed by atoms with van der Waals surface area (Å²) in [6.45, 7) is 4.59. The van der Waals surface area contributed by atoms with Crippen LogP contribution in [-0.2, 0) is 0 Å². The molecule has 0 radical (unpaired) electrons. The van der Waals surface area contributed by atoms with Crippen molar-refractivity contribution >= 4 is 11.7 Å². The van der Waals surface area contributed by atoms with Crippen molar-refractivity contribution in [3.05, 3.63) is 29.8 Å². The van der Waals surface area contributed by atoms with Crippen molar-refractivity contribution in [2.45, 2.75) is 6.92 Å². The van der Waals surface area contributed by atoms with Crippen molar-refractivity contribution in [2.75, 3.05) is 38.6 Å². The topological polar surface area (TPSA) is 35.6 Å². The zero-order chi connectivity index (χ0) is 13.1. The highest BCUT2D eigenvalue weighted by atomic mass is 16.2. The quantitative estimate of drug-likeness (QED) is 0.882. The Bertz CT molecular complexity index is 416. The number of aryl methyl sites for hydroxylation is 1. The van der Waals surface area contributed by atoms with E-state index in [1.54, 1.807) is 4.90 Å². The minimum Gasteiger partial charge on any atom is -0.327 e. The van der Waals surface area contributed by atoms with Gasteiger partial charge in [0, 0.05) is 38.3 Å². The number of nitrogens with one attached hydrogen (secondary N) is 1. The molecular formula is C14H21N3O. The van der Waals surface area contributed by atoms with Crippen LogP contribution in [0, 0.1) is 12.8 Å². The van der Waals surface area contributed by atoms with Gasteiger partial charge in [0.1, 0.15) is 0 Å². The maximum absolute atomic E-state index is 12.2. The second-order valence-corrected chi connectivity index (χ2v) is 5.03. The van der Waals surface area contributed by atoms with E-state index >= 15 is 0 Å². The maximum atomic E-state index is 12.2. The molecule has 1 aromatic carbocycles. The van der Waals surface area contributed by atoms with E-state index in [0.29, 0.717) is 5.92 Å². The SMILES string of the molecule is CNCC1CN(C)C(=O)N(c2ccc(C)cc2)C1. The minimum absolute atomic E-state index is 0.0891. The van der Waals surface area contributed by atoms with Crippen LogP contribution >= 0.6 is 0 Å². The summed E-state index contributed by atoms with van der Waals surface area (Å²) in [4.78, 5) is 15.9. The van der Waals surface area contributed by atoms with Gasteiger partial charge in [0.2, 0.25) is 0 Å². The third-order valence-corrected chi connectivity index (χ3v) is 3.37. The fourth-order valence-electron chi connectivity index (χ4n) is 2.42. The third-order valence-electron chi connectivity index (χ3n) is 3.37. The average molecular weight is 247 g/mol. The summed E-state index contributed by atoms with van der Waals surface area (Å²) >= 11 is 0. The molecule has 2 amide bonds. The van der Waals surface area contributed by atoms with Crippen molar-refractivity contribution in [2.24, 2.45) is 5.92 Å². The van der Waals surface area contributed by atoms with Crippen LogP contribution in [0.3, 0.4) is 0 Å². The van der Waals surface area contributed by atoms with E-state index in [9.17, 15) is 4.79 Å². The van der Waals surface area contributed by atoms with Crippen LogP contribution in [0.2, 0.25) is 0 Å². The number of nitrogens with zero attached hydrogens (tertiary/aromatic N) is 2. The molecule has 0 saturated carbocycles. The normalized spacial score (nSPS) is 20.4. The first kappa shape index (κ1) is 12.9. The number of hydrogen-bond donors (Lipinski definition) is 1. The molecule has 4 heteroatoms. The van der Waals surface area contributed by atoms with Gasteiger partial charge in [0.05, 0.1) is 0 Å². The monoisotopic (exact) mass is 247 g/mol. The van der Waals surface area contributed by atoms with Crippen LogP contribution in [0.1, 0.15) is 5.56 Å². The first-order valence-electron chi connectivity index (χ1n) is 6.35. The van der Waals surface area contributed by atoms with Gasteiger partial charge in [0.15, 0.2) is 0 Å². The molecule has 0 aromatic heterocycles. The van der Waals surface area contributed by atoms with Gasteiger partial charge in [-0.2, -0.15) is 0 Å². The predicted molar refractivity (Wildman–Crippen MR) is 74.0 cm³/mol. The Morgan fingerprint density at radius 1 is 1.28 bits per heavy atom. The van der Waals surface area contributed by atoms with Gasteiger partial charge in [-0.3, -0.25) is 4.90 Å². The highest BCUT2D eigenvalue weighted by Gasteiger charge is 2.29. The van der Waals surface area contributed by atoms with Gasteiger partial charge in [-0.05, 0) is 26.1 Å². The van der Waals surface area contributed by atoms with E-state index in [1.165, 1.54) is 5.56 Å². The lowest BCUT2D eigenvalue weighted by molar-refractivity contribution is 0.192. The number of benzene rings is 1. The molecule has 1 N–H and O–H groups in total. The van der Waals surface area contributed by atoms with Gasteiger partial charge in [0.25, 0.3) is 0 Å². The molecule has 1 aliphatic rings. The Kier molecular flexibility index (Phi) is 3.87. The predicted octanol–water partition coefficient (Wildman–Crippen LogP) is 1.70. The summed E-state index contributed by atoms with van der Waals surface area (Å²) in [5, 5.41) is 3.19. The Labute approximate surface area is 109 Å². The van der Waals surface area contributed by atoms with Crippen molar-refractivity contribution in [1.29, 1.82) is 0 Å². The van der Waals surface area contributed by atoms with Crippen molar-refractivity contribution in [3.8, 4) is 0 Å². The lowest BCUT2D eigenvalue weighted by Gasteiger charge is -2.38. The number of urea groups is 1. The Hall–Kier alpha value is -1.55. The minimum atomic E-state index is 0.0891. The van der Waals surface area contributed by atoms with Crippen LogP contribution < -0.4 is 10.2 Å². The highest BCUT2D eigenvalue weighted by Crippen LogP contribution is 2.22. The number of carbonyl (C=O) groups is 1. The van der Waals surface area contributed by atoms with Crippen molar-refractivity contribution < 1.29 is 4.79 Å². The van der Waals surface area contributed by atoms with Gasteiger partial charge in [-0.25, -0.2) is 4.79 Å². The van der Waals surface area contributed by atoms with E-state index < -0.39 is 0 Å². The first-order valence-corrected chi connectivity index (χ1v) is 6.35. The number of amides is 2. The third kappa shape index (κ3) is 2.64. The Balaban J connectivity index is 2.18. The molecule has 2 rings (SSSR count). The molecule has 1 unspecified atom stereocenters. The van der Waals surface area contributed by atoms with Gasteiger partial charge in [-0.15, -0.1) is 0 Å². The van der Waals surface area contributed by atoms with Crippen molar-refractivity contribution in [3.63, 3.8) is 0 Å². The van der Waals surface area contributed by atoms with E-state index in [4.69, 9.17) is 0 Å². The molecule has 1 heterocycles. The standard InChI is InChI=1S/C14H21N3O/c1-11-4-6-13(7-5-11)17-10-12(8-15-2)9-16(3)14(17)18/h4-7,12,15H,8-10H2,1-3H3. The first-order chi connectivity index (χ1) is 8.61. The molecule has 98 valence electrons. The fraction of sp³-hybridized carbons (Fsp3) is 0.500. The summed E-state index contributed by atoms with van der Waals surface area (Å²) in [6.07, 6.45) is 0. The highest BCUT2D eigenvalue weighted by molar-refractivity contribution is 5.92. The zero-order valence-corrected chi connectivity index (χ0v) is 11.3. The van der Waals surface area contributed by atoms with Crippen LogP contribution in [0.25, 0.3) is 0 Å². The molecule has 1 aromatic rings.